The number of benzene rings is 1. The molecule has 0 unspecified atom stereocenters. The average molecular weight is 364 g/mol. The van der Waals surface area contributed by atoms with E-state index in [-0.39, 0.29) is 22.9 Å². The minimum absolute atomic E-state index is 0.176. The monoisotopic (exact) mass is 364 g/mol. The molecule has 0 radical (unpaired) electrons. The molecule has 0 bridgehead atoms. The molecule has 1 atom stereocenters. The second-order valence-corrected chi connectivity index (χ2v) is 6.80. The van der Waals surface area contributed by atoms with Crippen molar-refractivity contribution in [2.24, 2.45) is 0 Å². The third kappa shape index (κ3) is 3.16. The topological polar surface area (TPSA) is 92.1 Å². The number of hydrogen-bond acceptors (Lipinski definition) is 5. The van der Waals surface area contributed by atoms with Crippen LogP contribution in [0.4, 0.5) is 0 Å². The lowest BCUT2D eigenvalue weighted by Crippen LogP contribution is -2.35. The Bertz CT molecular complexity index is 1040. The Morgan fingerprint density at radius 2 is 2.04 bits per heavy atom. The van der Waals surface area contributed by atoms with Crippen molar-refractivity contribution >= 4 is 5.91 Å². The summed E-state index contributed by atoms with van der Waals surface area (Å²) in [5.74, 6) is 0.603. The van der Waals surface area contributed by atoms with Crippen molar-refractivity contribution in [3.63, 3.8) is 0 Å². The summed E-state index contributed by atoms with van der Waals surface area (Å²) >= 11 is 0. The zero-order chi connectivity index (χ0) is 19.0. The number of amides is 1. The van der Waals surface area contributed by atoms with Crippen molar-refractivity contribution in [2.75, 3.05) is 6.54 Å². The van der Waals surface area contributed by atoms with E-state index in [0.29, 0.717) is 24.0 Å². The second-order valence-electron chi connectivity index (χ2n) is 6.80. The van der Waals surface area contributed by atoms with Crippen LogP contribution in [0.5, 0.6) is 0 Å². The maximum absolute atomic E-state index is 13.1. The van der Waals surface area contributed by atoms with Crippen molar-refractivity contribution in [1.82, 2.24) is 20.0 Å². The predicted molar refractivity (Wildman–Crippen MR) is 99.3 cm³/mol. The summed E-state index contributed by atoms with van der Waals surface area (Å²) in [5, 5.41) is 4.05. The number of carbonyl (C=O) groups is 1. The van der Waals surface area contributed by atoms with E-state index >= 15 is 0 Å². The fraction of sp³-hybridized carbons (Fsp3) is 0.300. The maximum Gasteiger partial charge on any atom is 0.260 e. The Morgan fingerprint density at radius 1 is 1.26 bits per heavy atom. The van der Waals surface area contributed by atoms with Gasteiger partial charge in [0.05, 0.1) is 0 Å². The van der Waals surface area contributed by atoms with Gasteiger partial charge in [-0.1, -0.05) is 35.5 Å². The summed E-state index contributed by atoms with van der Waals surface area (Å²) in [6.45, 7) is 4.09. The molecule has 3 aromatic rings. The highest BCUT2D eigenvalue weighted by atomic mass is 16.5. The lowest BCUT2D eigenvalue weighted by atomic mass is 10.1. The van der Waals surface area contributed by atoms with Gasteiger partial charge in [-0.3, -0.25) is 9.59 Å². The van der Waals surface area contributed by atoms with Crippen molar-refractivity contribution in [3.05, 3.63) is 69.5 Å². The molecule has 138 valence electrons. The summed E-state index contributed by atoms with van der Waals surface area (Å²) in [6.07, 6.45) is 1.55. The first-order valence-corrected chi connectivity index (χ1v) is 8.95. The van der Waals surface area contributed by atoms with Crippen molar-refractivity contribution in [1.29, 1.82) is 0 Å². The van der Waals surface area contributed by atoms with Crippen LogP contribution < -0.4 is 5.43 Å². The lowest BCUT2D eigenvalue weighted by Gasteiger charge is -2.22. The van der Waals surface area contributed by atoms with Crippen LogP contribution in [0, 0.1) is 13.8 Å². The molecule has 4 rings (SSSR count). The van der Waals surface area contributed by atoms with Gasteiger partial charge < -0.3 is 14.4 Å². The number of H-pyrrole nitrogens is 1. The molecule has 2 aromatic heterocycles. The van der Waals surface area contributed by atoms with Crippen LogP contribution in [-0.2, 0) is 0 Å². The van der Waals surface area contributed by atoms with E-state index in [9.17, 15) is 9.59 Å². The first-order chi connectivity index (χ1) is 13.0. The molecular formula is C20H20N4O3. The molecule has 1 amide bonds. The van der Waals surface area contributed by atoms with Crippen molar-refractivity contribution in [2.45, 2.75) is 32.7 Å². The molecule has 1 aromatic carbocycles. The van der Waals surface area contributed by atoms with Gasteiger partial charge in [-0.2, -0.15) is 4.98 Å². The van der Waals surface area contributed by atoms with Gasteiger partial charge in [0.2, 0.25) is 11.7 Å². The predicted octanol–water partition coefficient (Wildman–Crippen LogP) is 3.02. The molecule has 3 heterocycles. The molecule has 0 aliphatic carbocycles. The van der Waals surface area contributed by atoms with Gasteiger partial charge in [-0.05, 0) is 26.7 Å². The number of aromatic amines is 1. The Kier molecular flexibility index (Phi) is 4.35. The third-order valence-electron chi connectivity index (χ3n) is 4.84. The van der Waals surface area contributed by atoms with Gasteiger partial charge in [-0.25, -0.2) is 0 Å². The molecule has 1 saturated heterocycles. The van der Waals surface area contributed by atoms with E-state index in [1.807, 2.05) is 30.3 Å². The fourth-order valence-corrected chi connectivity index (χ4v) is 3.60. The standard InChI is InChI=1S/C20H20N4O3/c1-12-11-16(25)17(13(2)21-12)20(26)24-10-6-9-15(24)19-22-18(23-27-19)14-7-4-3-5-8-14/h3-5,7-8,11,15H,6,9-10H2,1-2H3,(H,21,25)/t15-/m0/s1. The Morgan fingerprint density at radius 3 is 2.78 bits per heavy atom. The number of pyridine rings is 1. The van der Waals surface area contributed by atoms with Crippen LogP contribution in [0.15, 0.2) is 45.7 Å². The van der Waals surface area contributed by atoms with E-state index in [0.717, 1.165) is 24.1 Å². The smallest absolute Gasteiger partial charge is 0.260 e. The molecule has 7 nitrogen and oxygen atoms in total. The van der Waals surface area contributed by atoms with Gasteiger partial charge in [0, 0.05) is 29.6 Å². The van der Waals surface area contributed by atoms with Gasteiger partial charge in [-0.15, -0.1) is 0 Å². The number of rotatable bonds is 3. The van der Waals surface area contributed by atoms with E-state index in [1.54, 1.807) is 18.7 Å². The van der Waals surface area contributed by atoms with E-state index in [4.69, 9.17) is 4.52 Å². The maximum atomic E-state index is 13.1. The Balaban J connectivity index is 1.65. The van der Waals surface area contributed by atoms with E-state index in [1.165, 1.54) is 6.07 Å². The molecule has 1 N–H and O–H groups in total. The number of nitrogens with one attached hydrogen (secondary N) is 1. The minimum Gasteiger partial charge on any atom is -0.362 e. The van der Waals surface area contributed by atoms with Gasteiger partial charge in [0.1, 0.15) is 11.6 Å². The average Bonchev–Trinajstić information content (AvgIpc) is 3.31. The van der Waals surface area contributed by atoms with E-state index < -0.39 is 0 Å². The summed E-state index contributed by atoms with van der Waals surface area (Å²) in [6, 6.07) is 10.7. The van der Waals surface area contributed by atoms with Crippen LogP contribution in [-0.4, -0.2) is 32.5 Å². The minimum atomic E-state index is -0.317. The molecule has 0 saturated carbocycles. The normalized spacial score (nSPS) is 16.7. The number of aromatic nitrogens is 3. The molecule has 0 spiro atoms. The van der Waals surface area contributed by atoms with Gasteiger partial charge in [0.15, 0.2) is 5.43 Å². The Labute approximate surface area is 156 Å². The summed E-state index contributed by atoms with van der Waals surface area (Å²) in [4.78, 5) is 34.7. The summed E-state index contributed by atoms with van der Waals surface area (Å²) < 4.78 is 5.46. The quantitative estimate of drug-likeness (QED) is 0.771. The Hall–Kier alpha value is -3.22. The summed E-state index contributed by atoms with van der Waals surface area (Å²) in [5.41, 5.74) is 2.07. The zero-order valence-electron chi connectivity index (χ0n) is 15.2. The molecular weight excluding hydrogens is 344 g/mol. The largest absolute Gasteiger partial charge is 0.362 e. The zero-order valence-corrected chi connectivity index (χ0v) is 15.2. The first-order valence-electron chi connectivity index (χ1n) is 8.95. The van der Waals surface area contributed by atoms with Crippen LogP contribution in [0.3, 0.4) is 0 Å². The number of carbonyl (C=O) groups excluding carboxylic acids is 1. The van der Waals surface area contributed by atoms with E-state index in [2.05, 4.69) is 15.1 Å². The van der Waals surface area contributed by atoms with Crippen LogP contribution in [0.2, 0.25) is 0 Å². The van der Waals surface area contributed by atoms with Crippen LogP contribution in [0.25, 0.3) is 11.4 Å². The molecule has 1 aliphatic heterocycles. The van der Waals surface area contributed by atoms with Gasteiger partial charge in [0.25, 0.3) is 5.91 Å². The second kappa shape index (κ2) is 6.83. The molecule has 1 aliphatic rings. The number of aryl methyl sites for hydroxylation is 2. The number of hydrogen-bond donors (Lipinski definition) is 1. The summed E-state index contributed by atoms with van der Waals surface area (Å²) in [7, 11) is 0. The lowest BCUT2D eigenvalue weighted by molar-refractivity contribution is 0.0707. The fourth-order valence-electron chi connectivity index (χ4n) is 3.60. The number of nitrogens with zero attached hydrogens (tertiary/aromatic N) is 3. The van der Waals surface area contributed by atoms with Crippen molar-refractivity contribution in [3.8, 4) is 11.4 Å². The van der Waals surface area contributed by atoms with Crippen LogP contribution in [0.1, 0.15) is 46.5 Å². The van der Waals surface area contributed by atoms with Crippen LogP contribution >= 0.6 is 0 Å². The SMILES string of the molecule is Cc1cc(=O)c(C(=O)N2CCC[C@H]2c2nc(-c3ccccc3)no2)c(C)[nH]1. The molecule has 7 heteroatoms. The van der Waals surface area contributed by atoms with Crippen molar-refractivity contribution < 1.29 is 9.32 Å². The highest BCUT2D eigenvalue weighted by Gasteiger charge is 2.36. The number of likely N-dealkylation sites (tertiary alicyclic amines) is 1. The van der Waals surface area contributed by atoms with Gasteiger partial charge >= 0.3 is 0 Å². The third-order valence-corrected chi connectivity index (χ3v) is 4.84. The highest BCUT2D eigenvalue weighted by Crippen LogP contribution is 2.33. The highest BCUT2D eigenvalue weighted by molar-refractivity contribution is 5.95. The molecule has 1 fully saturated rings. The molecule has 27 heavy (non-hydrogen) atoms. The first kappa shape index (κ1) is 17.2.